The highest BCUT2D eigenvalue weighted by molar-refractivity contribution is 5.80. The zero-order valence-electron chi connectivity index (χ0n) is 14.9. The second-order valence-electron chi connectivity index (χ2n) is 6.56. The Bertz CT molecular complexity index is 451. The summed E-state index contributed by atoms with van der Waals surface area (Å²) in [6.45, 7) is 13.1. The topological polar surface area (TPSA) is 29.5 Å². The van der Waals surface area contributed by atoms with Gasteiger partial charge in [-0.1, -0.05) is 44.9 Å². The molecular formula is C19H31NO2. The van der Waals surface area contributed by atoms with Gasteiger partial charge < -0.3 is 9.64 Å². The Hall–Kier alpha value is -1.51. The van der Waals surface area contributed by atoms with Crippen LogP contribution in [0.2, 0.25) is 0 Å². The summed E-state index contributed by atoms with van der Waals surface area (Å²) in [5, 5.41) is 0. The molecule has 1 aromatic carbocycles. The molecule has 0 bridgehead atoms. The molecule has 0 amide bonds. The molecule has 124 valence electrons. The van der Waals surface area contributed by atoms with Gasteiger partial charge in [-0.15, -0.1) is 0 Å². The zero-order chi connectivity index (χ0) is 16.7. The molecule has 0 saturated heterocycles. The maximum atomic E-state index is 12.6. The van der Waals surface area contributed by atoms with Crippen molar-refractivity contribution in [3.8, 4) is 0 Å². The van der Waals surface area contributed by atoms with Crippen LogP contribution in [0.3, 0.4) is 0 Å². The largest absolute Gasteiger partial charge is 0.461 e. The van der Waals surface area contributed by atoms with E-state index in [0.717, 1.165) is 25.1 Å². The Labute approximate surface area is 135 Å². The summed E-state index contributed by atoms with van der Waals surface area (Å²) >= 11 is 0. The van der Waals surface area contributed by atoms with Crippen LogP contribution in [-0.2, 0) is 9.53 Å². The normalized spacial score (nSPS) is 12.5. The minimum Gasteiger partial charge on any atom is -0.461 e. The number of benzene rings is 1. The zero-order valence-corrected chi connectivity index (χ0v) is 14.9. The van der Waals surface area contributed by atoms with Gasteiger partial charge in [0.1, 0.15) is 6.04 Å². The first-order valence-corrected chi connectivity index (χ1v) is 8.40. The fourth-order valence-corrected chi connectivity index (χ4v) is 2.55. The van der Waals surface area contributed by atoms with Gasteiger partial charge in [0.2, 0.25) is 0 Å². The number of unbranched alkanes of at least 4 members (excludes halogenated alkanes) is 1. The fourth-order valence-electron chi connectivity index (χ4n) is 2.55. The molecule has 3 nitrogen and oxygen atoms in total. The predicted octanol–water partition coefficient (Wildman–Crippen LogP) is 4.58. The minimum atomic E-state index is -0.239. The van der Waals surface area contributed by atoms with Crippen molar-refractivity contribution in [1.29, 1.82) is 0 Å². The van der Waals surface area contributed by atoms with E-state index >= 15 is 0 Å². The summed E-state index contributed by atoms with van der Waals surface area (Å²) in [7, 11) is 0. The predicted molar refractivity (Wildman–Crippen MR) is 93.3 cm³/mol. The van der Waals surface area contributed by atoms with Crippen LogP contribution >= 0.6 is 0 Å². The van der Waals surface area contributed by atoms with Crippen molar-refractivity contribution in [3.05, 3.63) is 29.8 Å². The number of hydrogen-bond donors (Lipinski definition) is 0. The van der Waals surface area contributed by atoms with Crippen LogP contribution in [0.1, 0.15) is 53.0 Å². The third-order valence-corrected chi connectivity index (χ3v) is 3.68. The SMILES string of the molecule is CCCCN(c1ccc(C)cc1)C(C(=O)OC(C)C)C(C)C. The molecule has 0 aliphatic carbocycles. The van der Waals surface area contributed by atoms with E-state index < -0.39 is 0 Å². The van der Waals surface area contributed by atoms with Gasteiger partial charge in [-0.3, -0.25) is 0 Å². The number of rotatable bonds is 8. The number of nitrogens with zero attached hydrogens (tertiary/aromatic N) is 1. The van der Waals surface area contributed by atoms with Crippen LogP contribution < -0.4 is 4.90 Å². The standard InChI is InChI=1S/C19H31NO2/c1-7-8-13-20(17-11-9-16(6)10-12-17)18(14(2)3)19(21)22-15(4)5/h9-12,14-15,18H,7-8,13H2,1-6H3. The van der Waals surface area contributed by atoms with Crippen LogP contribution in [-0.4, -0.2) is 24.7 Å². The summed E-state index contributed by atoms with van der Waals surface area (Å²) in [5.74, 6) is 0.0751. The molecule has 0 heterocycles. The van der Waals surface area contributed by atoms with Crippen LogP contribution in [0.25, 0.3) is 0 Å². The summed E-state index contributed by atoms with van der Waals surface area (Å²) in [6, 6.07) is 8.15. The van der Waals surface area contributed by atoms with Crippen LogP contribution in [0.4, 0.5) is 5.69 Å². The maximum absolute atomic E-state index is 12.6. The average molecular weight is 305 g/mol. The van der Waals surface area contributed by atoms with Crippen molar-refractivity contribution < 1.29 is 9.53 Å². The van der Waals surface area contributed by atoms with E-state index in [2.05, 4.69) is 56.9 Å². The van der Waals surface area contributed by atoms with E-state index in [1.54, 1.807) is 0 Å². The van der Waals surface area contributed by atoms with Gasteiger partial charge in [0.25, 0.3) is 0 Å². The fraction of sp³-hybridized carbons (Fsp3) is 0.632. The van der Waals surface area contributed by atoms with Gasteiger partial charge in [0.05, 0.1) is 6.10 Å². The Morgan fingerprint density at radius 3 is 2.18 bits per heavy atom. The molecule has 0 radical (unpaired) electrons. The van der Waals surface area contributed by atoms with Gasteiger partial charge in [0.15, 0.2) is 0 Å². The first-order valence-electron chi connectivity index (χ1n) is 8.40. The quantitative estimate of drug-likeness (QED) is 0.658. The molecule has 0 saturated carbocycles. The Morgan fingerprint density at radius 1 is 1.14 bits per heavy atom. The molecule has 3 heteroatoms. The highest BCUT2D eigenvalue weighted by Crippen LogP contribution is 2.24. The van der Waals surface area contributed by atoms with Gasteiger partial charge in [0, 0.05) is 12.2 Å². The van der Waals surface area contributed by atoms with Crippen molar-refractivity contribution in [2.45, 2.75) is 66.5 Å². The first-order chi connectivity index (χ1) is 10.4. The van der Waals surface area contributed by atoms with E-state index in [-0.39, 0.29) is 24.0 Å². The van der Waals surface area contributed by atoms with Crippen molar-refractivity contribution in [2.24, 2.45) is 5.92 Å². The molecule has 0 aliphatic heterocycles. The number of anilines is 1. The molecule has 0 aromatic heterocycles. The lowest BCUT2D eigenvalue weighted by Gasteiger charge is -2.35. The number of carbonyl (C=O) groups is 1. The Balaban J connectivity index is 3.08. The van der Waals surface area contributed by atoms with Crippen LogP contribution in [0, 0.1) is 12.8 Å². The second kappa shape index (κ2) is 8.82. The number of ether oxygens (including phenoxy) is 1. The molecule has 1 atom stereocenters. The molecule has 22 heavy (non-hydrogen) atoms. The molecule has 0 aliphatic rings. The van der Waals surface area contributed by atoms with Crippen molar-refractivity contribution in [1.82, 2.24) is 0 Å². The number of esters is 1. The molecule has 1 unspecified atom stereocenters. The molecule has 1 aromatic rings. The van der Waals surface area contributed by atoms with E-state index in [4.69, 9.17) is 4.74 Å². The lowest BCUT2D eigenvalue weighted by atomic mass is 10.0. The van der Waals surface area contributed by atoms with E-state index in [9.17, 15) is 4.79 Å². The third kappa shape index (κ3) is 5.36. The summed E-state index contributed by atoms with van der Waals surface area (Å²) in [4.78, 5) is 14.8. The van der Waals surface area contributed by atoms with Gasteiger partial charge in [-0.2, -0.15) is 0 Å². The van der Waals surface area contributed by atoms with Crippen LogP contribution in [0.5, 0.6) is 0 Å². The molecule has 0 spiro atoms. The van der Waals surface area contributed by atoms with Crippen molar-refractivity contribution in [2.75, 3.05) is 11.4 Å². The van der Waals surface area contributed by atoms with Crippen LogP contribution in [0.15, 0.2) is 24.3 Å². The van der Waals surface area contributed by atoms with Gasteiger partial charge in [-0.25, -0.2) is 4.79 Å². The Morgan fingerprint density at radius 2 is 1.73 bits per heavy atom. The van der Waals surface area contributed by atoms with Crippen molar-refractivity contribution in [3.63, 3.8) is 0 Å². The highest BCUT2D eigenvalue weighted by atomic mass is 16.5. The van der Waals surface area contributed by atoms with Crippen molar-refractivity contribution >= 4 is 11.7 Å². The van der Waals surface area contributed by atoms with E-state index in [0.29, 0.717) is 0 Å². The lowest BCUT2D eigenvalue weighted by Crippen LogP contribution is -2.47. The number of carbonyl (C=O) groups excluding carboxylic acids is 1. The molecular weight excluding hydrogens is 274 g/mol. The second-order valence-corrected chi connectivity index (χ2v) is 6.56. The number of aryl methyl sites for hydroxylation is 1. The number of hydrogen-bond acceptors (Lipinski definition) is 3. The third-order valence-electron chi connectivity index (χ3n) is 3.68. The van der Waals surface area contributed by atoms with E-state index in [1.165, 1.54) is 5.56 Å². The first kappa shape index (κ1) is 18.5. The van der Waals surface area contributed by atoms with Gasteiger partial charge >= 0.3 is 5.97 Å². The average Bonchev–Trinajstić information content (AvgIpc) is 2.43. The smallest absolute Gasteiger partial charge is 0.329 e. The van der Waals surface area contributed by atoms with E-state index in [1.807, 2.05) is 13.8 Å². The monoisotopic (exact) mass is 305 g/mol. The molecule has 1 rings (SSSR count). The Kier molecular flexibility index (Phi) is 7.43. The minimum absolute atomic E-state index is 0.0835. The summed E-state index contributed by atoms with van der Waals surface area (Å²) < 4.78 is 5.50. The highest BCUT2D eigenvalue weighted by Gasteiger charge is 2.31. The molecule has 0 fully saturated rings. The molecule has 0 N–H and O–H groups in total. The maximum Gasteiger partial charge on any atom is 0.329 e. The summed E-state index contributed by atoms with van der Waals surface area (Å²) in [6.07, 6.45) is 2.08. The van der Waals surface area contributed by atoms with Gasteiger partial charge in [-0.05, 0) is 45.2 Å². The lowest BCUT2D eigenvalue weighted by molar-refractivity contribution is -0.150. The summed E-state index contributed by atoms with van der Waals surface area (Å²) in [5.41, 5.74) is 2.32.